The van der Waals surface area contributed by atoms with Gasteiger partial charge in [-0.15, -0.1) is 0 Å². The number of hydrogen-bond acceptors (Lipinski definition) is 6. The Morgan fingerprint density at radius 2 is 0.596 bits per heavy atom. The molecule has 57 heavy (non-hydrogen) atoms. The van der Waals surface area contributed by atoms with Gasteiger partial charge in [0.25, 0.3) is 0 Å². The van der Waals surface area contributed by atoms with E-state index in [0.717, 1.165) is 57.8 Å². The van der Waals surface area contributed by atoms with E-state index in [1.807, 2.05) is 0 Å². The summed E-state index contributed by atoms with van der Waals surface area (Å²) in [5.74, 6) is -0.895. The Labute approximate surface area is 354 Å². The van der Waals surface area contributed by atoms with Crippen molar-refractivity contribution in [1.82, 2.24) is 0 Å². The van der Waals surface area contributed by atoms with Gasteiger partial charge in [0.05, 0.1) is 0 Å². The maximum absolute atomic E-state index is 12.7. The van der Waals surface area contributed by atoms with Gasteiger partial charge in [-0.05, 0) is 38.5 Å². The molecular weight excluding hydrogens is 709 g/mol. The second-order valence-electron chi connectivity index (χ2n) is 17.1. The summed E-state index contributed by atoms with van der Waals surface area (Å²) in [6, 6.07) is 0. The number of hydrogen-bond donors (Lipinski definition) is 0. The highest BCUT2D eigenvalue weighted by Gasteiger charge is 2.19. The van der Waals surface area contributed by atoms with Gasteiger partial charge in [0, 0.05) is 19.3 Å². The fraction of sp³-hybridized carbons (Fsp3) is 0.902. The topological polar surface area (TPSA) is 78.9 Å². The first kappa shape index (κ1) is 55.2. The van der Waals surface area contributed by atoms with Crippen molar-refractivity contribution in [2.24, 2.45) is 0 Å². The summed E-state index contributed by atoms with van der Waals surface area (Å²) in [7, 11) is 0. The maximum Gasteiger partial charge on any atom is 0.306 e. The lowest BCUT2D eigenvalue weighted by Gasteiger charge is -2.18. The minimum atomic E-state index is -0.772. The summed E-state index contributed by atoms with van der Waals surface area (Å²) >= 11 is 0. The van der Waals surface area contributed by atoms with Crippen LogP contribution < -0.4 is 0 Å². The lowest BCUT2D eigenvalue weighted by atomic mass is 10.0. The van der Waals surface area contributed by atoms with Gasteiger partial charge in [0.1, 0.15) is 13.2 Å². The molecule has 6 heteroatoms. The highest BCUT2D eigenvalue weighted by atomic mass is 16.6. The first-order valence-corrected chi connectivity index (χ1v) is 25.2. The summed E-state index contributed by atoms with van der Waals surface area (Å²) in [5.41, 5.74) is 0. The van der Waals surface area contributed by atoms with Crippen molar-refractivity contribution in [2.45, 2.75) is 284 Å². The van der Waals surface area contributed by atoms with Crippen LogP contribution in [0.2, 0.25) is 0 Å². The van der Waals surface area contributed by atoms with Crippen LogP contribution in [0, 0.1) is 0 Å². The van der Waals surface area contributed by atoms with E-state index >= 15 is 0 Å². The maximum atomic E-state index is 12.7. The predicted molar refractivity (Wildman–Crippen MR) is 243 cm³/mol. The molecule has 0 aliphatic carbocycles. The van der Waals surface area contributed by atoms with Crippen LogP contribution >= 0.6 is 0 Å². The van der Waals surface area contributed by atoms with Gasteiger partial charge in [-0.3, -0.25) is 14.4 Å². The van der Waals surface area contributed by atoms with E-state index in [2.05, 4.69) is 32.9 Å². The second kappa shape index (κ2) is 46.8. The van der Waals surface area contributed by atoms with Crippen LogP contribution in [0.3, 0.4) is 0 Å². The van der Waals surface area contributed by atoms with Gasteiger partial charge < -0.3 is 14.2 Å². The van der Waals surface area contributed by atoms with Crippen molar-refractivity contribution >= 4 is 17.9 Å². The molecule has 0 rings (SSSR count). The van der Waals surface area contributed by atoms with Gasteiger partial charge in [-0.1, -0.05) is 232 Å². The third-order valence-electron chi connectivity index (χ3n) is 11.3. The number of rotatable bonds is 46. The standard InChI is InChI=1S/C51H96O6/c1-4-7-10-13-16-19-21-23-25-26-28-29-32-35-38-41-44-50(53)56-47-48(46-55-49(52)43-40-37-34-31-18-15-12-9-6-3)57-51(54)45-42-39-36-33-30-27-24-22-20-17-14-11-8-5-2/h31,34,48H,4-30,32-33,35-47H2,1-3H3/b34-31-. The second-order valence-corrected chi connectivity index (χ2v) is 17.1. The molecule has 0 radical (unpaired) electrons. The molecule has 0 aromatic heterocycles. The Hall–Kier alpha value is -1.85. The Kier molecular flexibility index (Phi) is 45.3. The van der Waals surface area contributed by atoms with E-state index in [1.54, 1.807) is 0 Å². The fourth-order valence-corrected chi connectivity index (χ4v) is 7.45. The Bertz CT molecular complexity index is 885. The van der Waals surface area contributed by atoms with Crippen LogP contribution in [-0.2, 0) is 28.6 Å². The number of esters is 3. The normalized spacial score (nSPS) is 12.0. The minimum absolute atomic E-state index is 0.0732. The monoisotopic (exact) mass is 805 g/mol. The minimum Gasteiger partial charge on any atom is -0.462 e. The molecule has 0 fully saturated rings. The molecule has 1 atom stereocenters. The van der Waals surface area contributed by atoms with Crippen molar-refractivity contribution in [3.05, 3.63) is 12.2 Å². The van der Waals surface area contributed by atoms with E-state index in [-0.39, 0.29) is 31.1 Å². The average molecular weight is 805 g/mol. The lowest BCUT2D eigenvalue weighted by molar-refractivity contribution is -0.167. The molecule has 1 unspecified atom stereocenters. The van der Waals surface area contributed by atoms with Crippen molar-refractivity contribution < 1.29 is 28.6 Å². The smallest absolute Gasteiger partial charge is 0.306 e. The molecule has 0 aliphatic heterocycles. The summed E-state index contributed by atoms with van der Waals surface area (Å²) in [6.45, 7) is 6.61. The molecule has 0 amide bonds. The van der Waals surface area contributed by atoms with Crippen LogP contribution in [0.25, 0.3) is 0 Å². The Morgan fingerprint density at radius 3 is 0.947 bits per heavy atom. The first-order chi connectivity index (χ1) is 28.0. The molecular formula is C51H96O6. The molecule has 0 aromatic rings. The van der Waals surface area contributed by atoms with Crippen molar-refractivity contribution in [2.75, 3.05) is 13.2 Å². The van der Waals surface area contributed by atoms with Gasteiger partial charge in [0.2, 0.25) is 0 Å². The van der Waals surface area contributed by atoms with Crippen LogP contribution in [-0.4, -0.2) is 37.2 Å². The summed E-state index contributed by atoms with van der Waals surface area (Å²) in [6.07, 6.45) is 50.6. The van der Waals surface area contributed by atoms with Crippen LogP contribution in [0.5, 0.6) is 0 Å². The zero-order chi connectivity index (χ0) is 41.5. The van der Waals surface area contributed by atoms with Crippen molar-refractivity contribution in [3.63, 3.8) is 0 Å². The molecule has 0 spiro atoms. The van der Waals surface area contributed by atoms with Gasteiger partial charge in [-0.2, -0.15) is 0 Å². The Morgan fingerprint density at radius 1 is 0.333 bits per heavy atom. The zero-order valence-corrected chi connectivity index (χ0v) is 38.4. The van der Waals surface area contributed by atoms with Crippen LogP contribution in [0.15, 0.2) is 12.2 Å². The van der Waals surface area contributed by atoms with Gasteiger partial charge in [-0.25, -0.2) is 0 Å². The van der Waals surface area contributed by atoms with Crippen LogP contribution in [0.1, 0.15) is 278 Å². The largest absolute Gasteiger partial charge is 0.462 e. The highest BCUT2D eigenvalue weighted by Crippen LogP contribution is 2.16. The molecule has 6 nitrogen and oxygen atoms in total. The van der Waals surface area contributed by atoms with Gasteiger partial charge in [0.15, 0.2) is 6.10 Å². The summed E-state index contributed by atoms with van der Waals surface area (Å²) < 4.78 is 16.7. The quantitative estimate of drug-likeness (QED) is 0.0264. The van der Waals surface area contributed by atoms with E-state index in [4.69, 9.17) is 14.2 Å². The zero-order valence-electron chi connectivity index (χ0n) is 38.4. The van der Waals surface area contributed by atoms with E-state index in [9.17, 15) is 14.4 Å². The number of allylic oxidation sites excluding steroid dienone is 2. The summed E-state index contributed by atoms with van der Waals surface area (Å²) in [5, 5.41) is 0. The van der Waals surface area contributed by atoms with Crippen molar-refractivity contribution in [3.8, 4) is 0 Å². The highest BCUT2D eigenvalue weighted by molar-refractivity contribution is 5.71. The number of ether oxygens (including phenoxy) is 3. The number of carbonyl (C=O) groups is 3. The molecule has 0 saturated carbocycles. The first-order valence-electron chi connectivity index (χ1n) is 25.2. The third kappa shape index (κ3) is 45.1. The van der Waals surface area contributed by atoms with E-state index < -0.39 is 6.10 Å². The molecule has 0 N–H and O–H groups in total. The van der Waals surface area contributed by atoms with E-state index in [1.165, 1.54) is 180 Å². The van der Waals surface area contributed by atoms with E-state index in [0.29, 0.717) is 19.3 Å². The molecule has 0 aliphatic rings. The fourth-order valence-electron chi connectivity index (χ4n) is 7.45. The number of unbranched alkanes of at least 4 members (excludes halogenated alkanes) is 33. The van der Waals surface area contributed by atoms with Crippen molar-refractivity contribution in [1.29, 1.82) is 0 Å². The molecule has 0 heterocycles. The average Bonchev–Trinajstić information content (AvgIpc) is 3.21. The Balaban J connectivity index is 4.29. The molecule has 336 valence electrons. The summed E-state index contributed by atoms with van der Waals surface area (Å²) in [4.78, 5) is 37.8. The number of carbonyl (C=O) groups excluding carboxylic acids is 3. The SMILES string of the molecule is CCCCCC/C=C\CCCC(=O)OCC(COC(=O)CCCCCCCCCCCCCCCCCC)OC(=O)CCCCCCCCCCCCCCCC. The van der Waals surface area contributed by atoms with Gasteiger partial charge >= 0.3 is 17.9 Å². The predicted octanol–water partition coefficient (Wildman–Crippen LogP) is 16.2. The molecule has 0 saturated heterocycles. The third-order valence-corrected chi connectivity index (χ3v) is 11.3. The lowest BCUT2D eigenvalue weighted by Crippen LogP contribution is -2.30. The van der Waals surface area contributed by atoms with Crippen LogP contribution in [0.4, 0.5) is 0 Å². The molecule has 0 bridgehead atoms. The molecule has 0 aromatic carbocycles.